The maximum absolute atomic E-state index is 2.80. The fourth-order valence-electron chi connectivity index (χ4n) is 3.91. The molecule has 0 bridgehead atoms. The van der Waals surface area contributed by atoms with Gasteiger partial charge in [0.1, 0.15) is 0 Å². The normalized spacial score (nSPS) is 33.0. The van der Waals surface area contributed by atoms with Crippen LogP contribution in [0.1, 0.15) is 38.5 Å². The number of rotatable bonds is 2. The van der Waals surface area contributed by atoms with Gasteiger partial charge in [-0.2, -0.15) is 11.8 Å². The van der Waals surface area contributed by atoms with Crippen LogP contribution in [0.25, 0.3) is 0 Å². The Kier molecular flexibility index (Phi) is 4.88. The van der Waals surface area contributed by atoms with Gasteiger partial charge in [0, 0.05) is 19.1 Å². The van der Waals surface area contributed by atoms with E-state index in [1.54, 1.807) is 0 Å². The minimum absolute atomic E-state index is 0.888. The predicted molar refractivity (Wildman–Crippen MR) is 80.3 cm³/mol. The largest absolute Gasteiger partial charge is 0.301 e. The minimum atomic E-state index is 0.888. The summed E-state index contributed by atoms with van der Waals surface area (Å²) in [6.45, 7) is 6.85. The van der Waals surface area contributed by atoms with Gasteiger partial charge < -0.3 is 4.90 Å². The van der Waals surface area contributed by atoms with E-state index in [0.29, 0.717) is 0 Å². The van der Waals surface area contributed by atoms with Crippen LogP contribution in [0.2, 0.25) is 0 Å². The average Bonchev–Trinajstić information content (AvgIpc) is 2.61. The summed E-state index contributed by atoms with van der Waals surface area (Å²) in [5, 5.41) is 0. The zero-order valence-corrected chi connectivity index (χ0v) is 12.5. The summed E-state index contributed by atoms with van der Waals surface area (Å²) in [5.41, 5.74) is 0. The lowest BCUT2D eigenvalue weighted by molar-refractivity contribution is 0.129. The van der Waals surface area contributed by atoms with Crippen molar-refractivity contribution in [1.82, 2.24) is 9.80 Å². The van der Waals surface area contributed by atoms with Crippen LogP contribution < -0.4 is 0 Å². The van der Waals surface area contributed by atoms with Crippen LogP contribution in [-0.2, 0) is 0 Å². The van der Waals surface area contributed by atoms with Gasteiger partial charge in [-0.3, -0.25) is 4.90 Å². The minimum Gasteiger partial charge on any atom is -0.301 e. The maximum atomic E-state index is 2.80. The molecule has 3 heteroatoms. The van der Waals surface area contributed by atoms with Gasteiger partial charge in [-0.05, 0) is 69.2 Å². The van der Waals surface area contributed by atoms with Crippen LogP contribution >= 0.6 is 11.8 Å². The van der Waals surface area contributed by atoms with Crippen LogP contribution in [0, 0.1) is 5.92 Å². The smallest absolute Gasteiger partial charge is 0.0223 e. The van der Waals surface area contributed by atoms with E-state index in [4.69, 9.17) is 0 Å². The van der Waals surface area contributed by atoms with Crippen molar-refractivity contribution in [2.45, 2.75) is 44.6 Å². The van der Waals surface area contributed by atoms with Crippen molar-refractivity contribution >= 4 is 11.8 Å². The molecule has 3 saturated heterocycles. The molecule has 3 aliphatic heterocycles. The molecule has 3 aliphatic rings. The van der Waals surface area contributed by atoms with E-state index in [-0.39, 0.29) is 0 Å². The predicted octanol–water partition coefficient (Wildman–Crippen LogP) is 2.69. The van der Waals surface area contributed by atoms with Gasteiger partial charge in [0.05, 0.1) is 0 Å². The molecule has 0 aliphatic carbocycles. The molecule has 0 radical (unpaired) electrons. The van der Waals surface area contributed by atoms with Crippen molar-refractivity contribution in [3.8, 4) is 0 Å². The molecule has 0 aromatic heterocycles. The molecule has 0 amide bonds. The summed E-state index contributed by atoms with van der Waals surface area (Å²) in [5.74, 6) is 3.82. The Bertz CT molecular complexity index is 253. The second-order valence-electron chi connectivity index (χ2n) is 6.35. The number of piperidine rings is 1. The molecule has 18 heavy (non-hydrogen) atoms. The Labute approximate surface area is 116 Å². The highest BCUT2D eigenvalue weighted by atomic mass is 32.2. The van der Waals surface area contributed by atoms with E-state index >= 15 is 0 Å². The van der Waals surface area contributed by atoms with Crippen LogP contribution in [-0.4, -0.2) is 60.1 Å². The zero-order valence-electron chi connectivity index (χ0n) is 11.6. The number of nitrogens with zero attached hydrogens (tertiary/aromatic N) is 2. The van der Waals surface area contributed by atoms with Gasteiger partial charge in [-0.25, -0.2) is 0 Å². The van der Waals surface area contributed by atoms with Gasteiger partial charge in [-0.1, -0.05) is 6.42 Å². The van der Waals surface area contributed by atoms with E-state index in [9.17, 15) is 0 Å². The van der Waals surface area contributed by atoms with Crippen LogP contribution in [0.4, 0.5) is 0 Å². The molecule has 3 heterocycles. The Morgan fingerprint density at radius 2 is 1.72 bits per heavy atom. The summed E-state index contributed by atoms with van der Waals surface area (Å²) < 4.78 is 0. The Hall–Kier alpha value is 0.270. The van der Waals surface area contributed by atoms with Gasteiger partial charge in [-0.15, -0.1) is 0 Å². The molecule has 1 unspecified atom stereocenters. The summed E-state index contributed by atoms with van der Waals surface area (Å²) in [6.07, 6.45) is 8.70. The van der Waals surface area contributed by atoms with Crippen molar-refractivity contribution in [1.29, 1.82) is 0 Å². The van der Waals surface area contributed by atoms with Crippen molar-refractivity contribution < 1.29 is 0 Å². The number of thioether (sulfide) groups is 1. The monoisotopic (exact) mass is 268 g/mol. The van der Waals surface area contributed by atoms with Crippen LogP contribution in [0.15, 0.2) is 0 Å². The molecule has 0 aromatic carbocycles. The SMILES string of the molecule is C1CCN2CCCN(CC3CCSCC3)CC2C1. The summed E-state index contributed by atoms with van der Waals surface area (Å²) in [7, 11) is 0. The molecular formula is C15H28N2S. The molecule has 0 spiro atoms. The van der Waals surface area contributed by atoms with E-state index in [1.807, 2.05) is 0 Å². The summed E-state index contributed by atoms with van der Waals surface area (Å²) >= 11 is 2.16. The molecule has 3 rings (SSSR count). The maximum Gasteiger partial charge on any atom is 0.0223 e. The van der Waals surface area contributed by atoms with Gasteiger partial charge in [0.15, 0.2) is 0 Å². The molecule has 104 valence electrons. The number of fused-ring (bicyclic) bond motifs is 1. The lowest BCUT2D eigenvalue weighted by Gasteiger charge is -2.36. The highest BCUT2D eigenvalue weighted by Gasteiger charge is 2.28. The second kappa shape index (κ2) is 6.62. The van der Waals surface area contributed by atoms with Crippen LogP contribution in [0.3, 0.4) is 0 Å². The van der Waals surface area contributed by atoms with E-state index in [2.05, 4.69) is 21.6 Å². The molecule has 2 nitrogen and oxygen atoms in total. The van der Waals surface area contributed by atoms with Gasteiger partial charge in [0.2, 0.25) is 0 Å². The lowest BCUT2D eigenvalue weighted by atomic mass is 10.00. The van der Waals surface area contributed by atoms with E-state index < -0.39 is 0 Å². The van der Waals surface area contributed by atoms with Crippen molar-refractivity contribution in [2.24, 2.45) is 5.92 Å². The first kappa shape index (κ1) is 13.3. The molecule has 1 atom stereocenters. The fraction of sp³-hybridized carbons (Fsp3) is 1.00. The average molecular weight is 268 g/mol. The van der Waals surface area contributed by atoms with Crippen molar-refractivity contribution in [3.05, 3.63) is 0 Å². The molecule has 0 aromatic rings. The standard InChI is InChI=1S/C15H28N2S/c1-2-8-17-9-3-7-16(13-15(17)4-1)12-14-5-10-18-11-6-14/h14-15H,1-13H2. The quantitative estimate of drug-likeness (QED) is 0.760. The molecule has 0 N–H and O–H groups in total. The van der Waals surface area contributed by atoms with Gasteiger partial charge in [0.25, 0.3) is 0 Å². The van der Waals surface area contributed by atoms with Gasteiger partial charge >= 0.3 is 0 Å². The fourth-order valence-corrected chi connectivity index (χ4v) is 5.11. The first-order valence-electron chi connectivity index (χ1n) is 7.96. The molecular weight excluding hydrogens is 240 g/mol. The zero-order chi connectivity index (χ0) is 12.2. The van der Waals surface area contributed by atoms with E-state index in [1.165, 1.54) is 82.8 Å². The van der Waals surface area contributed by atoms with Crippen molar-refractivity contribution in [3.63, 3.8) is 0 Å². The molecule has 0 saturated carbocycles. The van der Waals surface area contributed by atoms with E-state index in [0.717, 1.165) is 12.0 Å². The third-order valence-electron chi connectivity index (χ3n) is 4.99. The van der Waals surface area contributed by atoms with Crippen molar-refractivity contribution in [2.75, 3.05) is 44.2 Å². The Balaban J connectivity index is 1.52. The summed E-state index contributed by atoms with van der Waals surface area (Å²) in [4.78, 5) is 5.58. The molecule has 3 fully saturated rings. The first-order valence-corrected chi connectivity index (χ1v) is 9.11. The first-order chi connectivity index (χ1) is 8.92. The van der Waals surface area contributed by atoms with Crippen LogP contribution in [0.5, 0.6) is 0 Å². The third-order valence-corrected chi connectivity index (χ3v) is 6.04. The Morgan fingerprint density at radius 1 is 0.889 bits per heavy atom. The Morgan fingerprint density at radius 3 is 2.61 bits per heavy atom. The highest BCUT2D eigenvalue weighted by Crippen LogP contribution is 2.26. The second-order valence-corrected chi connectivity index (χ2v) is 7.58. The highest BCUT2D eigenvalue weighted by molar-refractivity contribution is 7.99. The topological polar surface area (TPSA) is 6.48 Å². The third kappa shape index (κ3) is 3.43. The summed E-state index contributed by atoms with van der Waals surface area (Å²) in [6, 6.07) is 0.888. The lowest BCUT2D eigenvalue weighted by Crippen LogP contribution is -2.44. The number of hydrogen-bond acceptors (Lipinski definition) is 3. The number of hydrogen-bond donors (Lipinski definition) is 0.